The molecule has 0 aromatic rings. The van der Waals surface area contributed by atoms with Crippen LogP contribution in [0.3, 0.4) is 0 Å². The Balaban J connectivity index is 2.02. The molecule has 0 bridgehead atoms. The van der Waals surface area contributed by atoms with E-state index < -0.39 is 0 Å². The predicted molar refractivity (Wildman–Crippen MR) is 73.5 cm³/mol. The maximum Gasteiger partial charge on any atom is 0.0599 e. The fourth-order valence-electron chi connectivity index (χ4n) is 2.26. The van der Waals surface area contributed by atoms with Crippen molar-refractivity contribution in [2.75, 3.05) is 32.8 Å². The van der Waals surface area contributed by atoms with E-state index in [0.717, 1.165) is 13.2 Å². The first kappa shape index (κ1) is 14.9. The molecule has 1 aliphatic heterocycles. The van der Waals surface area contributed by atoms with E-state index >= 15 is 0 Å². The van der Waals surface area contributed by atoms with Crippen LogP contribution >= 0.6 is 0 Å². The molecule has 0 aliphatic carbocycles. The zero-order valence-corrected chi connectivity index (χ0v) is 12.1. The van der Waals surface area contributed by atoms with Crippen molar-refractivity contribution in [1.82, 2.24) is 10.2 Å². The summed E-state index contributed by atoms with van der Waals surface area (Å²) in [4.78, 5) is 2.58. The topological polar surface area (TPSA) is 24.5 Å². The molecule has 102 valence electrons. The summed E-state index contributed by atoms with van der Waals surface area (Å²) in [6.07, 6.45) is 4.16. The molecule has 0 aromatic heterocycles. The number of likely N-dealkylation sites (tertiary alicyclic amines) is 1. The van der Waals surface area contributed by atoms with Gasteiger partial charge in [-0.25, -0.2) is 0 Å². The van der Waals surface area contributed by atoms with E-state index in [-0.39, 0.29) is 5.60 Å². The highest BCUT2D eigenvalue weighted by molar-refractivity contribution is 4.71. The van der Waals surface area contributed by atoms with Crippen molar-refractivity contribution < 1.29 is 4.74 Å². The number of rotatable bonds is 6. The van der Waals surface area contributed by atoms with Gasteiger partial charge in [-0.3, -0.25) is 0 Å². The second kappa shape index (κ2) is 7.34. The molecule has 3 heteroatoms. The van der Waals surface area contributed by atoms with Crippen molar-refractivity contribution in [2.24, 2.45) is 0 Å². The Morgan fingerprint density at radius 2 is 1.82 bits per heavy atom. The molecule has 1 aliphatic rings. The van der Waals surface area contributed by atoms with Crippen LogP contribution < -0.4 is 5.32 Å². The monoisotopic (exact) mass is 242 g/mol. The molecule has 1 fully saturated rings. The molecule has 0 radical (unpaired) electrons. The fourth-order valence-corrected chi connectivity index (χ4v) is 2.26. The fraction of sp³-hybridized carbons (Fsp3) is 1.00. The average molecular weight is 242 g/mol. The van der Waals surface area contributed by atoms with Gasteiger partial charge in [0.2, 0.25) is 0 Å². The van der Waals surface area contributed by atoms with Crippen LogP contribution in [0.4, 0.5) is 0 Å². The molecule has 1 atom stereocenters. The van der Waals surface area contributed by atoms with Gasteiger partial charge in [-0.15, -0.1) is 0 Å². The Hall–Kier alpha value is -0.120. The molecule has 3 nitrogen and oxygen atoms in total. The Kier molecular flexibility index (Phi) is 6.45. The smallest absolute Gasteiger partial charge is 0.0599 e. The van der Waals surface area contributed by atoms with Gasteiger partial charge in [-0.2, -0.15) is 0 Å². The first-order valence-electron chi connectivity index (χ1n) is 7.07. The van der Waals surface area contributed by atoms with Crippen LogP contribution in [0.15, 0.2) is 0 Å². The molecule has 0 saturated carbocycles. The van der Waals surface area contributed by atoms with E-state index in [2.05, 4.69) is 37.9 Å². The lowest BCUT2D eigenvalue weighted by molar-refractivity contribution is -0.00183. The minimum atomic E-state index is -0.0161. The number of nitrogens with zero attached hydrogens (tertiary/aromatic N) is 1. The quantitative estimate of drug-likeness (QED) is 0.723. The number of ether oxygens (including phenoxy) is 1. The van der Waals surface area contributed by atoms with Gasteiger partial charge in [0.1, 0.15) is 0 Å². The van der Waals surface area contributed by atoms with Crippen molar-refractivity contribution in [1.29, 1.82) is 0 Å². The zero-order chi connectivity index (χ0) is 12.7. The highest BCUT2D eigenvalue weighted by Crippen LogP contribution is 2.09. The lowest BCUT2D eigenvalue weighted by atomic mass is 10.1. The van der Waals surface area contributed by atoms with Crippen LogP contribution in [0.2, 0.25) is 0 Å². The largest absolute Gasteiger partial charge is 0.375 e. The third-order valence-electron chi connectivity index (χ3n) is 3.11. The summed E-state index contributed by atoms with van der Waals surface area (Å²) in [5, 5.41) is 3.54. The summed E-state index contributed by atoms with van der Waals surface area (Å²) in [6, 6.07) is 0.566. The predicted octanol–water partition coefficient (Wildman–Crippen LogP) is 2.27. The van der Waals surface area contributed by atoms with E-state index in [1.54, 1.807) is 0 Å². The highest BCUT2D eigenvalue weighted by Gasteiger charge is 2.13. The summed E-state index contributed by atoms with van der Waals surface area (Å²) < 4.78 is 5.69. The van der Waals surface area contributed by atoms with E-state index in [4.69, 9.17) is 4.74 Å². The first-order valence-corrected chi connectivity index (χ1v) is 7.07. The van der Waals surface area contributed by atoms with Crippen LogP contribution in [0.5, 0.6) is 0 Å². The van der Waals surface area contributed by atoms with Crippen molar-refractivity contribution in [3.63, 3.8) is 0 Å². The Labute approximate surface area is 107 Å². The van der Waals surface area contributed by atoms with E-state index in [1.165, 1.54) is 38.9 Å². The van der Waals surface area contributed by atoms with Gasteiger partial charge in [0.25, 0.3) is 0 Å². The summed E-state index contributed by atoms with van der Waals surface area (Å²) in [6.45, 7) is 14.1. The van der Waals surface area contributed by atoms with Crippen LogP contribution in [-0.2, 0) is 4.74 Å². The summed E-state index contributed by atoms with van der Waals surface area (Å²) >= 11 is 0. The summed E-state index contributed by atoms with van der Waals surface area (Å²) in [5.74, 6) is 0. The molecule has 1 heterocycles. The Morgan fingerprint density at radius 3 is 2.41 bits per heavy atom. The second-order valence-electron chi connectivity index (χ2n) is 6.18. The maximum atomic E-state index is 5.69. The average Bonchev–Trinajstić information content (AvgIpc) is 2.25. The Bertz CT molecular complexity index is 195. The molecule has 0 amide bonds. The SMILES string of the molecule is CC(CN1CCCCC1)NCCOC(C)(C)C. The number of hydrogen-bond acceptors (Lipinski definition) is 3. The number of piperidine rings is 1. The van der Waals surface area contributed by atoms with Crippen LogP contribution in [0, 0.1) is 0 Å². The highest BCUT2D eigenvalue weighted by atomic mass is 16.5. The molecular weight excluding hydrogens is 212 g/mol. The third-order valence-corrected chi connectivity index (χ3v) is 3.11. The van der Waals surface area contributed by atoms with Gasteiger partial charge in [-0.1, -0.05) is 6.42 Å². The molecule has 17 heavy (non-hydrogen) atoms. The van der Waals surface area contributed by atoms with E-state index in [0.29, 0.717) is 6.04 Å². The maximum absolute atomic E-state index is 5.69. The van der Waals surface area contributed by atoms with Crippen LogP contribution in [-0.4, -0.2) is 49.3 Å². The van der Waals surface area contributed by atoms with Crippen LogP contribution in [0.1, 0.15) is 47.0 Å². The molecule has 1 unspecified atom stereocenters. The van der Waals surface area contributed by atoms with Gasteiger partial charge < -0.3 is 15.0 Å². The van der Waals surface area contributed by atoms with Crippen LogP contribution in [0.25, 0.3) is 0 Å². The minimum absolute atomic E-state index is 0.0161. The summed E-state index contributed by atoms with van der Waals surface area (Å²) in [7, 11) is 0. The third kappa shape index (κ3) is 7.74. The molecule has 0 aromatic carbocycles. The molecule has 1 rings (SSSR count). The van der Waals surface area contributed by atoms with E-state index in [9.17, 15) is 0 Å². The van der Waals surface area contributed by atoms with Crippen molar-refractivity contribution >= 4 is 0 Å². The van der Waals surface area contributed by atoms with Gasteiger partial charge in [0, 0.05) is 19.1 Å². The molecule has 1 saturated heterocycles. The van der Waals surface area contributed by atoms with Gasteiger partial charge >= 0.3 is 0 Å². The van der Waals surface area contributed by atoms with Crippen molar-refractivity contribution in [2.45, 2.75) is 58.6 Å². The molecular formula is C14H30N2O. The zero-order valence-electron chi connectivity index (χ0n) is 12.1. The molecule has 0 spiro atoms. The van der Waals surface area contributed by atoms with E-state index in [1.807, 2.05) is 0 Å². The number of hydrogen-bond donors (Lipinski definition) is 1. The number of nitrogens with one attached hydrogen (secondary N) is 1. The lowest BCUT2D eigenvalue weighted by Crippen LogP contribution is -2.42. The van der Waals surface area contributed by atoms with Gasteiger partial charge in [-0.05, 0) is 53.6 Å². The van der Waals surface area contributed by atoms with Crippen molar-refractivity contribution in [3.05, 3.63) is 0 Å². The lowest BCUT2D eigenvalue weighted by Gasteiger charge is -2.29. The molecule has 1 N–H and O–H groups in total. The van der Waals surface area contributed by atoms with Crippen molar-refractivity contribution in [3.8, 4) is 0 Å². The van der Waals surface area contributed by atoms with Gasteiger partial charge in [0.05, 0.1) is 12.2 Å². The van der Waals surface area contributed by atoms with Gasteiger partial charge in [0.15, 0.2) is 0 Å². The second-order valence-corrected chi connectivity index (χ2v) is 6.18. The normalized spacial score (nSPS) is 20.5. The Morgan fingerprint density at radius 1 is 1.18 bits per heavy atom. The minimum Gasteiger partial charge on any atom is -0.375 e. The first-order chi connectivity index (χ1) is 7.97. The summed E-state index contributed by atoms with van der Waals surface area (Å²) in [5.41, 5.74) is -0.0161. The standard InChI is InChI=1S/C14H30N2O/c1-13(12-16-9-6-5-7-10-16)15-8-11-17-14(2,3)4/h13,15H,5-12H2,1-4H3.